The van der Waals surface area contributed by atoms with Crippen LogP contribution in [0.25, 0.3) is 0 Å². The first-order valence-corrected chi connectivity index (χ1v) is 23.1. The van der Waals surface area contributed by atoms with E-state index in [1.165, 1.54) is 0 Å². The molecule has 0 radical (unpaired) electrons. The van der Waals surface area contributed by atoms with Crippen LogP contribution in [0.15, 0.2) is 36.5 Å². The Kier molecular flexibility index (Phi) is 20.6. The van der Waals surface area contributed by atoms with E-state index >= 15 is 0 Å². The maximum Gasteiger partial charge on any atom is 0.226 e. The van der Waals surface area contributed by atoms with Crippen molar-refractivity contribution in [3.05, 3.63) is 47.8 Å². The van der Waals surface area contributed by atoms with E-state index in [0.717, 1.165) is 18.4 Å². The van der Waals surface area contributed by atoms with E-state index in [-0.39, 0.29) is 90.5 Å². The normalized spacial score (nSPS) is 18.4. The molecule has 14 heteroatoms. The maximum atomic E-state index is 14.4. The van der Waals surface area contributed by atoms with Gasteiger partial charge in [0.2, 0.25) is 17.7 Å². The number of ketones is 2. The minimum Gasteiger partial charge on any atom is -0.379 e. The molecule has 14 nitrogen and oxygen atoms in total. The minimum atomic E-state index is -0.642. The number of hydrogen-bond acceptors (Lipinski definition) is 10. The van der Waals surface area contributed by atoms with Gasteiger partial charge in [0.05, 0.1) is 55.0 Å². The van der Waals surface area contributed by atoms with Crippen molar-refractivity contribution in [1.29, 1.82) is 0 Å². The van der Waals surface area contributed by atoms with Crippen LogP contribution >= 0.6 is 0 Å². The molecule has 1 unspecified atom stereocenters. The van der Waals surface area contributed by atoms with Crippen molar-refractivity contribution >= 4 is 29.3 Å². The zero-order valence-electron chi connectivity index (χ0n) is 41.2. The summed E-state index contributed by atoms with van der Waals surface area (Å²) in [5.74, 6) is -2.36. The smallest absolute Gasteiger partial charge is 0.226 e. The molecule has 1 aromatic heterocycles. The zero-order chi connectivity index (χ0) is 47.3. The van der Waals surface area contributed by atoms with Gasteiger partial charge in [-0.2, -0.15) is 0 Å². The molecule has 2 heterocycles. The quantitative estimate of drug-likeness (QED) is 0.122. The summed E-state index contributed by atoms with van der Waals surface area (Å²) >= 11 is 0. The lowest BCUT2D eigenvalue weighted by Gasteiger charge is -2.41. The van der Waals surface area contributed by atoms with Crippen LogP contribution in [0.1, 0.15) is 119 Å². The van der Waals surface area contributed by atoms with Gasteiger partial charge in [0, 0.05) is 58.4 Å². The largest absolute Gasteiger partial charge is 0.379 e. The summed E-state index contributed by atoms with van der Waals surface area (Å²) in [6, 6.07) is 8.57. The number of methoxy groups -OCH3 is 2. The van der Waals surface area contributed by atoms with E-state index in [1.54, 1.807) is 30.8 Å². The van der Waals surface area contributed by atoms with E-state index in [4.69, 9.17) is 9.47 Å². The Hall–Kier alpha value is -4.01. The number of amides is 3. The number of likely N-dealkylation sites (N-methyl/N-ethyl adjacent to an activating group) is 2. The van der Waals surface area contributed by atoms with Gasteiger partial charge in [-0.05, 0) is 77.4 Å². The summed E-state index contributed by atoms with van der Waals surface area (Å²) in [6.07, 6.45) is 3.28. The lowest BCUT2D eigenvalue weighted by Crippen LogP contribution is -2.54. The number of benzene rings is 1. The molecule has 1 aliphatic heterocycles. The molecule has 9 atom stereocenters. The Morgan fingerprint density at radius 2 is 1.54 bits per heavy atom. The number of Topliss-reactive ketones (excluding diaryl/α,β-unsaturated/α-hetero) is 2. The number of hydrogen-bond donors (Lipinski definition) is 1. The van der Waals surface area contributed by atoms with Crippen molar-refractivity contribution < 1.29 is 33.4 Å². The van der Waals surface area contributed by atoms with E-state index in [2.05, 4.69) is 29.5 Å². The van der Waals surface area contributed by atoms with E-state index in [0.29, 0.717) is 25.1 Å². The standard InChI is InChI=1S/C49H81N7O7/c1-16-33(6)45(54(13)48(61)38(31(2)3)27-41(58)44(32(4)5)53(11)12)42(62-14)28-43(59)55-24-20-23-39(55)46(63-15)34(7)40(57)26-36(25-35-21-18-17-19-22-35)47(60)50-29-37-30-56(52-51-37)49(8,9)10/h17-19,21-22,30-34,36,38-39,42,44-46H,16,20,23-29H2,1-15H3,(H,50,60)/t33-,34-,36+,38-,39-,42+,44-,45?,46+/m0/s1. The monoisotopic (exact) mass is 880 g/mol. The minimum absolute atomic E-state index is 0.00393. The third-order valence-corrected chi connectivity index (χ3v) is 13.2. The second-order valence-corrected chi connectivity index (χ2v) is 19.9. The third-order valence-electron chi connectivity index (χ3n) is 13.2. The highest BCUT2D eigenvalue weighted by atomic mass is 16.5. The van der Waals surface area contributed by atoms with E-state index in [1.807, 2.05) is 116 Å². The summed E-state index contributed by atoms with van der Waals surface area (Å²) in [7, 11) is 8.72. The highest BCUT2D eigenvalue weighted by molar-refractivity contribution is 5.90. The molecule has 1 N–H and O–H groups in total. The number of nitrogens with zero attached hydrogens (tertiary/aromatic N) is 6. The van der Waals surface area contributed by atoms with Gasteiger partial charge in [0.25, 0.3) is 0 Å². The van der Waals surface area contributed by atoms with Crippen LogP contribution in [0, 0.1) is 35.5 Å². The number of likely N-dealkylation sites (tertiary alicyclic amines) is 1. The summed E-state index contributed by atoms with van der Waals surface area (Å²) in [5.41, 5.74) is 1.31. The van der Waals surface area contributed by atoms with Gasteiger partial charge in [-0.3, -0.25) is 28.9 Å². The number of rotatable bonds is 25. The predicted molar refractivity (Wildman–Crippen MR) is 247 cm³/mol. The van der Waals surface area contributed by atoms with Crippen LogP contribution < -0.4 is 5.32 Å². The summed E-state index contributed by atoms with van der Waals surface area (Å²) in [6.45, 7) is 20.7. The van der Waals surface area contributed by atoms with Gasteiger partial charge in [0.15, 0.2) is 5.78 Å². The van der Waals surface area contributed by atoms with Crippen molar-refractivity contribution in [3.8, 4) is 0 Å². The van der Waals surface area contributed by atoms with Crippen molar-refractivity contribution in [3.63, 3.8) is 0 Å². The fourth-order valence-corrected chi connectivity index (χ4v) is 9.42. The molecule has 0 saturated carbocycles. The first-order valence-electron chi connectivity index (χ1n) is 23.1. The molecule has 1 aliphatic rings. The van der Waals surface area contributed by atoms with Crippen molar-refractivity contribution in [2.24, 2.45) is 35.5 Å². The number of nitrogens with one attached hydrogen (secondary N) is 1. The van der Waals surface area contributed by atoms with Gasteiger partial charge in [0.1, 0.15) is 11.5 Å². The molecule has 1 aromatic carbocycles. The number of carbonyl (C=O) groups is 5. The Labute approximate surface area is 378 Å². The topological polar surface area (TPSA) is 156 Å². The lowest BCUT2D eigenvalue weighted by atomic mass is 9.83. The van der Waals surface area contributed by atoms with Crippen LogP contribution in [-0.2, 0) is 52.0 Å². The first kappa shape index (κ1) is 53.3. The summed E-state index contributed by atoms with van der Waals surface area (Å²) in [5, 5.41) is 11.4. The third kappa shape index (κ3) is 14.5. The van der Waals surface area contributed by atoms with Gasteiger partial charge in [-0.25, -0.2) is 4.68 Å². The average molecular weight is 880 g/mol. The van der Waals surface area contributed by atoms with E-state index in [9.17, 15) is 24.0 Å². The van der Waals surface area contributed by atoms with Crippen LogP contribution in [0.4, 0.5) is 0 Å². The van der Waals surface area contributed by atoms with Gasteiger partial charge < -0.3 is 24.6 Å². The molecular weight excluding hydrogens is 799 g/mol. The van der Waals surface area contributed by atoms with Crippen molar-refractivity contribution in [2.75, 3.05) is 41.9 Å². The maximum absolute atomic E-state index is 14.4. The van der Waals surface area contributed by atoms with Gasteiger partial charge in [-0.15, -0.1) is 5.10 Å². The second-order valence-electron chi connectivity index (χ2n) is 19.9. The van der Waals surface area contributed by atoms with Crippen LogP contribution in [0.2, 0.25) is 0 Å². The van der Waals surface area contributed by atoms with Crippen molar-refractivity contribution in [1.82, 2.24) is 35.0 Å². The fraction of sp³-hybridized carbons (Fsp3) is 0.735. The lowest BCUT2D eigenvalue weighted by molar-refractivity contribution is -0.149. The van der Waals surface area contributed by atoms with Crippen LogP contribution in [0.5, 0.6) is 0 Å². The Morgan fingerprint density at radius 1 is 0.889 bits per heavy atom. The molecule has 0 spiro atoms. The first-order chi connectivity index (χ1) is 29.6. The molecule has 0 aliphatic carbocycles. The molecule has 3 amide bonds. The second kappa shape index (κ2) is 24.3. The molecule has 0 bridgehead atoms. The molecule has 2 aromatic rings. The SMILES string of the molecule is CC[C@H](C)C([C@@H](CC(=O)N1CCC[C@H]1[C@H](OC)[C@@H](C)C(=O)C[C@@H](Cc1ccccc1)C(=O)NCc1cn(C(C)(C)C)nn1)OC)N(C)C(=O)[C@@H](CC(=O)[C@H](C(C)C)N(C)C)C(C)C. The molecule has 63 heavy (non-hydrogen) atoms. The number of carbonyl (C=O) groups excluding carboxylic acids is 5. The Bertz CT molecular complexity index is 1770. The highest BCUT2D eigenvalue weighted by Crippen LogP contribution is 2.32. The fourth-order valence-electron chi connectivity index (χ4n) is 9.42. The zero-order valence-corrected chi connectivity index (χ0v) is 41.2. The van der Waals surface area contributed by atoms with Crippen molar-refractivity contribution in [2.45, 2.75) is 157 Å². The van der Waals surface area contributed by atoms with Crippen LogP contribution in [-0.4, -0.2) is 131 Å². The molecular formula is C49H81N7O7. The molecule has 354 valence electrons. The summed E-state index contributed by atoms with van der Waals surface area (Å²) < 4.78 is 13.9. The molecule has 1 fully saturated rings. The number of aromatic nitrogens is 3. The predicted octanol–water partition coefficient (Wildman–Crippen LogP) is 6.21. The Morgan fingerprint density at radius 3 is 2.06 bits per heavy atom. The molecule has 1 saturated heterocycles. The Balaban J connectivity index is 1.80. The van der Waals surface area contributed by atoms with Gasteiger partial charge in [-0.1, -0.05) is 90.4 Å². The van der Waals surface area contributed by atoms with E-state index < -0.39 is 36.0 Å². The number of ether oxygens (including phenoxy) is 2. The summed E-state index contributed by atoms with van der Waals surface area (Å²) in [4.78, 5) is 76.0. The average Bonchev–Trinajstić information content (AvgIpc) is 3.92. The van der Waals surface area contributed by atoms with Crippen LogP contribution in [0.3, 0.4) is 0 Å². The van der Waals surface area contributed by atoms with Gasteiger partial charge >= 0.3 is 0 Å². The molecule has 3 rings (SSSR count). The highest BCUT2D eigenvalue weighted by Gasteiger charge is 2.43.